The molecule has 0 bridgehead atoms. The highest BCUT2D eigenvalue weighted by molar-refractivity contribution is 5.27. The largest absolute Gasteiger partial charge is 0.392 e. The van der Waals surface area contributed by atoms with Crippen molar-refractivity contribution < 1.29 is 5.11 Å². The summed E-state index contributed by atoms with van der Waals surface area (Å²) in [6.45, 7) is 6.77. The molecule has 0 aromatic carbocycles. The van der Waals surface area contributed by atoms with Gasteiger partial charge in [-0.2, -0.15) is 0 Å². The Bertz CT molecular complexity index is 334. The van der Waals surface area contributed by atoms with Gasteiger partial charge in [0.25, 0.3) is 0 Å². The monoisotopic (exact) mass is 262 g/mol. The minimum Gasteiger partial charge on any atom is -0.392 e. The van der Waals surface area contributed by atoms with Crippen LogP contribution in [0, 0.1) is 23.7 Å². The number of rotatable bonds is 4. The van der Waals surface area contributed by atoms with Crippen molar-refractivity contribution in [2.75, 3.05) is 0 Å². The molecule has 1 heteroatoms. The Morgan fingerprint density at radius 3 is 2.32 bits per heavy atom. The lowest BCUT2D eigenvalue weighted by Crippen LogP contribution is -2.30. The number of hydrogen-bond donors (Lipinski definition) is 1. The first kappa shape index (κ1) is 14.8. The number of aliphatic hydroxyl groups excluding tert-OH is 1. The predicted molar refractivity (Wildman–Crippen MR) is 81.9 cm³/mol. The Morgan fingerprint density at radius 2 is 1.79 bits per heavy atom. The quantitative estimate of drug-likeness (QED) is 0.777. The van der Waals surface area contributed by atoms with Crippen LogP contribution in [0.3, 0.4) is 0 Å². The van der Waals surface area contributed by atoms with Gasteiger partial charge in [0, 0.05) is 5.92 Å². The molecule has 1 nitrogen and oxygen atoms in total. The smallest absolute Gasteiger partial charge is 0.0634 e. The molecule has 0 aliphatic heterocycles. The zero-order chi connectivity index (χ0) is 13.8. The normalized spacial score (nSPS) is 28.3. The summed E-state index contributed by atoms with van der Waals surface area (Å²) in [4.78, 5) is 0. The van der Waals surface area contributed by atoms with Crippen LogP contribution in [0.15, 0.2) is 23.8 Å². The van der Waals surface area contributed by atoms with Crippen molar-refractivity contribution in [3.05, 3.63) is 23.8 Å². The molecule has 1 fully saturated rings. The zero-order valence-electron chi connectivity index (χ0n) is 12.8. The van der Waals surface area contributed by atoms with Gasteiger partial charge in [0.2, 0.25) is 0 Å². The van der Waals surface area contributed by atoms with Gasteiger partial charge in [0.05, 0.1) is 6.10 Å². The van der Waals surface area contributed by atoms with Gasteiger partial charge in [-0.05, 0) is 42.6 Å². The maximum absolute atomic E-state index is 10.6. The van der Waals surface area contributed by atoms with Gasteiger partial charge in [-0.3, -0.25) is 0 Å². The third-order valence-corrected chi connectivity index (χ3v) is 5.19. The maximum atomic E-state index is 10.6. The van der Waals surface area contributed by atoms with Crippen LogP contribution in [-0.4, -0.2) is 11.2 Å². The molecule has 0 aromatic rings. The van der Waals surface area contributed by atoms with Crippen LogP contribution in [0.5, 0.6) is 0 Å². The average molecular weight is 262 g/mol. The zero-order valence-corrected chi connectivity index (χ0v) is 12.8. The maximum Gasteiger partial charge on any atom is 0.0634 e. The Labute approximate surface area is 118 Å². The lowest BCUT2D eigenvalue weighted by atomic mass is 9.76. The Kier molecular flexibility index (Phi) is 5.27. The Morgan fingerprint density at radius 1 is 1.11 bits per heavy atom. The fourth-order valence-electron chi connectivity index (χ4n) is 3.57. The van der Waals surface area contributed by atoms with E-state index >= 15 is 0 Å². The fourth-order valence-corrected chi connectivity index (χ4v) is 3.57. The third kappa shape index (κ3) is 3.72. The van der Waals surface area contributed by atoms with E-state index in [1.807, 2.05) is 0 Å². The molecule has 1 N–H and O–H groups in total. The average Bonchev–Trinajstić information content (AvgIpc) is 2.46. The molecule has 108 valence electrons. The van der Waals surface area contributed by atoms with Crippen LogP contribution in [0.1, 0.15) is 59.3 Å². The molecule has 1 saturated carbocycles. The van der Waals surface area contributed by atoms with Crippen molar-refractivity contribution in [3.63, 3.8) is 0 Å². The van der Waals surface area contributed by atoms with E-state index in [9.17, 15) is 5.11 Å². The molecule has 0 radical (unpaired) electrons. The fraction of sp³-hybridized carbons (Fsp3) is 0.778. The van der Waals surface area contributed by atoms with Crippen molar-refractivity contribution in [2.45, 2.75) is 65.4 Å². The standard InChI is InChI=1S/C18H30O/c1-13(2)15-9-11-16(12-10-15)14(3)18(19)17-7-5-4-6-8-17/h9,11-15,17-19H,4-8,10H2,1-3H3/t14-,15?,18?/m1/s1. The number of allylic oxidation sites excluding steroid dienone is 3. The van der Waals surface area contributed by atoms with Crippen molar-refractivity contribution in [1.82, 2.24) is 0 Å². The summed E-state index contributed by atoms with van der Waals surface area (Å²) in [5.74, 6) is 2.23. The van der Waals surface area contributed by atoms with Gasteiger partial charge in [-0.15, -0.1) is 0 Å². The van der Waals surface area contributed by atoms with E-state index in [-0.39, 0.29) is 6.10 Å². The van der Waals surface area contributed by atoms with Gasteiger partial charge in [0.15, 0.2) is 0 Å². The molecule has 3 atom stereocenters. The van der Waals surface area contributed by atoms with E-state index in [0.717, 1.165) is 6.42 Å². The van der Waals surface area contributed by atoms with Gasteiger partial charge in [-0.1, -0.05) is 58.3 Å². The Hall–Kier alpha value is -0.560. The van der Waals surface area contributed by atoms with E-state index in [1.165, 1.54) is 37.7 Å². The topological polar surface area (TPSA) is 20.2 Å². The second-order valence-electron chi connectivity index (χ2n) is 6.88. The molecule has 2 aliphatic rings. The molecule has 0 amide bonds. The molecule has 19 heavy (non-hydrogen) atoms. The summed E-state index contributed by atoms with van der Waals surface area (Å²) in [6.07, 6.45) is 14.4. The SMILES string of the molecule is CC(C)C1C=CC([C@@H](C)C(O)C2CCCCC2)=CC1. The molecule has 2 rings (SSSR count). The third-order valence-electron chi connectivity index (χ3n) is 5.19. The first-order valence-electron chi connectivity index (χ1n) is 8.16. The predicted octanol–water partition coefficient (Wildman–Crippen LogP) is 4.72. The Balaban J connectivity index is 1.93. The van der Waals surface area contributed by atoms with E-state index in [1.54, 1.807) is 0 Å². The highest BCUT2D eigenvalue weighted by atomic mass is 16.3. The van der Waals surface area contributed by atoms with E-state index < -0.39 is 0 Å². The second-order valence-corrected chi connectivity index (χ2v) is 6.88. The summed E-state index contributed by atoms with van der Waals surface area (Å²) in [6, 6.07) is 0. The lowest BCUT2D eigenvalue weighted by molar-refractivity contribution is 0.0528. The van der Waals surface area contributed by atoms with Crippen molar-refractivity contribution >= 4 is 0 Å². The minimum absolute atomic E-state index is 0.146. The lowest BCUT2D eigenvalue weighted by Gasteiger charge is -2.32. The molecule has 0 saturated heterocycles. The first-order chi connectivity index (χ1) is 9.09. The summed E-state index contributed by atoms with van der Waals surface area (Å²) in [5, 5.41) is 10.6. The van der Waals surface area contributed by atoms with E-state index in [0.29, 0.717) is 23.7 Å². The van der Waals surface area contributed by atoms with Crippen LogP contribution < -0.4 is 0 Å². The van der Waals surface area contributed by atoms with Crippen LogP contribution in [-0.2, 0) is 0 Å². The van der Waals surface area contributed by atoms with Crippen LogP contribution in [0.4, 0.5) is 0 Å². The van der Waals surface area contributed by atoms with Gasteiger partial charge in [-0.25, -0.2) is 0 Å². The second kappa shape index (κ2) is 6.74. The summed E-state index contributed by atoms with van der Waals surface area (Å²) in [5.41, 5.74) is 1.36. The van der Waals surface area contributed by atoms with Crippen molar-refractivity contribution in [3.8, 4) is 0 Å². The summed E-state index contributed by atoms with van der Waals surface area (Å²) in [7, 11) is 0. The highest BCUT2D eigenvalue weighted by Gasteiger charge is 2.28. The molecular weight excluding hydrogens is 232 g/mol. The highest BCUT2D eigenvalue weighted by Crippen LogP contribution is 2.34. The van der Waals surface area contributed by atoms with Crippen molar-refractivity contribution in [2.24, 2.45) is 23.7 Å². The minimum atomic E-state index is -0.146. The molecule has 0 aromatic heterocycles. The number of hydrogen-bond acceptors (Lipinski definition) is 1. The van der Waals surface area contributed by atoms with Gasteiger partial charge < -0.3 is 5.11 Å². The van der Waals surface area contributed by atoms with E-state index in [4.69, 9.17) is 0 Å². The van der Waals surface area contributed by atoms with Crippen LogP contribution >= 0.6 is 0 Å². The molecule has 2 unspecified atom stereocenters. The van der Waals surface area contributed by atoms with Gasteiger partial charge in [0.1, 0.15) is 0 Å². The molecular formula is C18H30O. The molecule has 0 spiro atoms. The summed E-state index contributed by atoms with van der Waals surface area (Å²) < 4.78 is 0. The van der Waals surface area contributed by atoms with Gasteiger partial charge >= 0.3 is 0 Å². The summed E-state index contributed by atoms with van der Waals surface area (Å²) >= 11 is 0. The first-order valence-corrected chi connectivity index (χ1v) is 8.16. The van der Waals surface area contributed by atoms with E-state index in [2.05, 4.69) is 39.0 Å². The molecule has 0 heterocycles. The van der Waals surface area contributed by atoms with Crippen molar-refractivity contribution in [1.29, 1.82) is 0 Å². The van der Waals surface area contributed by atoms with Crippen LogP contribution in [0.2, 0.25) is 0 Å². The van der Waals surface area contributed by atoms with Crippen LogP contribution in [0.25, 0.3) is 0 Å². The molecule has 2 aliphatic carbocycles. The number of aliphatic hydroxyl groups is 1.